The molecule has 8 nitrogen and oxygen atoms in total. The second-order valence-corrected chi connectivity index (χ2v) is 10.6. The van der Waals surface area contributed by atoms with Crippen molar-refractivity contribution in [3.05, 3.63) is 71.8 Å². The molecule has 1 aromatic carbocycles. The number of nitrogens with zero attached hydrogens (tertiary/aromatic N) is 4. The van der Waals surface area contributed by atoms with Crippen LogP contribution in [0.4, 0.5) is 0 Å². The predicted molar refractivity (Wildman–Crippen MR) is 151 cm³/mol. The smallest absolute Gasteiger partial charge is 0.223 e. The first-order chi connectivity index (χ1) is 18.6. The molecule has 4 rings (SSSR count). The van der Waals surface area contributed by atoms with E-state index in [1.165, 1.54) is 62.7 Å². The summed E-state index contributed by atoms with van der Waals surface area (Å²) in [5.74, 6) is 1.64. The topological polar surface area (TPSA) is 92.9 Å². The Balaban J connectivity index is 1.21. The summed E-state index contributed by atoms with van der Waals surface area (Å²) < 4.78 is 0. The monoisotopic (exact) mass is 519 g/mol. The average molecular weight is 520 g/mol. The molecule has 0 unspecified atom stereocenters. The van der Waals surface area contributed by atoms with Gasteiger partial charge in [0.15, 0.2) is 0 Å². The molecule has 0 aliphatic heterocycles. The van der Waals surface area contributed by atoms with E-state index in [0.29, 0.717) is 25.6 Å². The molecule has 1 aliphatic carbocycles. The molecule has 0 radical (unpaired) electrons. The summed E-state index contributed by atoms with van der Waals surface area (Å²) in [6.07, 6.45) is 15.8. The minimum Gasteiger partial charge on any atom is -0.347 e. The highest BCUT2D eigenvalue weighted by Gasteiger charge is 2.24. The molecule has 0 spiro atoms. The van der Waals surface area contributed by atoms with Crippen LogP contribution in [-0.2, 0) is 30.8 Å². The van der Waals surface area contributed by atoms with Crippen molar-refractivity contribution >= 4 is 5.91 Å². The number of nitrogens with one attached hydrogen (secondary N) is 3. The van der Waals surface area contributed by atoms with Crippen molar-refractivity contribution in [3.8, 4) is 0 Å². The zero-order valence-electron chi connectivity index (χ0n) is 23.2. The second-order valence-electron chi connectivity index (χ2n) is 10.6. The lowest BCUT2D eigenvalue weighted by Crippen LogP contribution is -2.43. The molecule has 8 heteroatoms. The van der Waals surface area contributed by atoms with E-state index in [1.807, 2.05) is 0 Å². The molecular weight excluding hydrogens is 474 g/mol. The quantitative estimate of drug-likeness (QED) is 0.268. The van der Waals surface area contributed by atoms with Crippen LogP contribution in [-0.4, -0.2) is 60.8 Å². The van der Waals surface area contributed by atoms with Crippen LogP contribution in [0.15, 0.2) is 49.1 Å². The Hall–Kier alpha value is -2.97. The minimum absolute atomic E-state index is 0.0931. The number of carbonyl (C=O) groups is 1. The Bertz CT molecular complexity index is 999. The molecule has 2 heterocycles. The van der Waals surface area contributed by atoms with E-state index in [9.17, 15) is 4.79 Å². The maximum absolute atomic E-state index is 13.1. The predicted octanol–water partition coefficient (Wildman–Crippen LogP) is 4.82. The third-order valence-electron chi connectivity index (χ3n) is 7.62. The van der Waals surface area contributed by atoms with Crippen LogP contribution in [0, 0.1) is 0 Å². The lowest BCUT2D eigenvalue weighted by molar-refractivity contribution is -0.132. The summed E-state index contributed by atoms with van der Waals surface area (Å²) in [5, 5.41) is 3.79. The van der Waals surface area contributed by atoms with Crippen LogP contribution in [0.5, 0.6) is 0 Å². The van der Waals surface area contributed by atoms with Crippen LogP contribution in [0.25, 0.3) is 0 Å². The van der Waals surface area contributed by atoms with Crippen LogP contribution in [0.3, 0.4) is 0 Å². The fourth-order valence-electron chi connectivity index (χ4n) is 5.55. The molecule has 2 aromatic heterocycles. The molecule has 0 bridgehead atoms. The van der Waals surface area contributed by atoms with E-state index in [4.69, 9.17) is 0 Å². The third kappa shape index (κ3) is 8.53. The molecule has 1 aliphatic rings. The average Bonchev–Trinajstić information content (AvgIpc) is 3.66. The fourth-order valence-corrected chi connectivity index (χ4v) is 5.55. The van der Waals surface area contributed by atoms with Crippen molar-refractivity contribution in [2.24, 2.45) is 0 Å². The van der Waals surface area contributed by atoms with E-state index in [2.05, 4.69) is 68.3 Å². The van der Waals surface area contributed by atoms with Crippen molar-refractivity contribution in [2.75, 3.05) is 13.1 Å². The molecule has 3 N–H and O–H groups in total. The van der Waals surface area contributed by atoms with E-state index in [-0.39, 0.29) is 5.91 Å². The number of carbonyl (C=O) groups excluding carboxylic acids is 1. The van der Waals surface area contributed by atoms with Crippen LogP contribution >= 0.6 is 0 Å². The summed E-state index contributed by atoms with van der Waals surface area (Å²) in [6, 6.07) is 10.1. The van der Waals surface area contributed by atoms with Gasteiger partial charge in [-0.15, -0.1) is 0 Å². The van der Waals surface area contributed by atoms with Gasteiger partial charge in [-0.1, -0.05) is 38.1 Å². The van der Waals surface area contributed by atoms with E-state index in [1.54, 1.807) is 29.7 Å². The number of aromatic amines is 2. The number of imidazole rings is 2. The number of hydrogen-bond acceptors (Lipinski definition) is 5. The highest BCUT2D eigenvalue weighted by Crippen LogP contribution is 2.24. The highest BCUT2D eigenvalue weighted by molar-refractivity contribution is 5.76. The van der Waals surface area contributed by atoms with Gasteiger partial charge in [0.1, 0.15) is 11.6 Å². The SMILES string of the molecule is CCCN(CCC)[C@H]1CC[C@H](NCc2ccc(CCC(=O)N(Cc3ncc[nH]3)Cc3ncc[nH]3)cc2)CC1. The van der Waals surface area contributed by atoms with Gasteiger partial charge in [-0.25, -0.2) is 9.97 Å². The molecule has 206 valence electrons. The molecule has 1 amide bonds. The number of aryl methyl sites for hydroxylation is 1. The van der Waals surface area contributed by atoms with Crippen LogP contribution < -0.4 is 5.32 Å². The molecule has 0 atom stereocenters. The minimum atomic E-state index is 0.0931. The zero-order valence-corrected chi connectivity index (χ0v) is 23.2. The zero-order chi connectivity index (χ0) is 26.6. The van der Waals surface area contributed by atoms with Gasteiger partial charge in [-0.2, -0.15) is 0 Å². The first-order valence-electron chi connectivity index (χ1n) is 14.4. The molecule has 38 heavy (non-hydrogen) atoms. The number of amides is 1. The number of hydrogen-bond donors (Lipinski definition) is 3. The maximum Gasteiger partial charge on any atom is 0.223 e. The molecule has 1 saturated carbocycles. The lowest BCUT2D eigenvalue weighted by Gasteiger charge is -2.37. The Morgan fingerprint density at radius 2 is 1.47 bits per heavy atom. The van der Waals surface area contributed by atoms with Crippen molar-refractivity contribution in [1.82, 2.24) is 35.1 Å². The van der Waals surface area contributed by atoms with Gasteiger partial charge in [0, 0.05) is 49.8 Å². The summed E-state index contributed by atoms with van der Waals surface area (Å²) >= 11 is 0. The number of benzene rings is 1. The Morgan fingerprint density at radius 1 is 0.895 bits per heavy atom. The van der Waals surface area contributed by atoms with Gasteiger partial charge in [-0.05, 0) is 69.2 Å². The lowest BCUT2D eigenvalue weighted by atomic mass is 9.89. The Morgan fingerprint density at radius 3 is 2.00 bits per heavy atom. The van der Waals surface area contributed by atoms with Gasteiger partial charge in [0.2, 0.25) is 5.91 Å². The second kappa shape index (κ2) is 14.8. The summed E-state index contributed by atoms with van der Waals surface area (Å²) in [4.78, 5) is 32.3. The van der Waals surface area contributed by atoms with E-state index >= 15 is 0 Å². The van der Waals surface area contributed by atoms with Crippen molar-refractivity contribution in [2.45, 2.75) is 96.9 Å². The largest absolute Gasteiger partial charge is 0.347 e. The van der Waals surface area contributed by atoms with Crippen LogP contribution in [0.2, 0.25) is 0 Å². The van der Waals surface area contributed by atoms with E-state index < -0.39 is 0 Å². The maximum atomic E-state index is 13.1. The van der Waals surface area contributed by atoms with Crippen LogP contribution in [0.1, 0.15) is 81.6 Å². The first-order valence-corrected chi connectivity index (χ1v) is 14.4. The van der Waals surface area contributed by atoms with Gasteiger partial charge in [0.25, 0.3) is 0 Å². The van der Waals surface area contributed by atoms with Gasteiger partial charge in [-0.3, -0.25) is 4.79 Å². The Kier molecular flexibility index (Phi) is 10.9. The fraction of sp³-hybridized carbons (Fsp3) is 0.567. The van der Waals surface area contributed by atoms with Crippen molar-refractivity contribution in [1.29, 1.82) is 0 Å². The van der Waals surface area contributed by atoms with Crippen molar-refractivity contribution < 1.29 is 4.79 Å². The third-order valence-corrected chi connectivity index (χ3v) is 7.62. The Labute approximate surface area is 227 Å². The standard InChI is InChI=1S/C30H45N7O/c1-3-19-36(20-4-2)27-12-10-26(11-13-27)35-21-25-7-5-24(6-8-25)9-14-30(38)37(22-28-31-15-16-32-28)23-29-33-17-18-34-29/h5-8,15-18,26-27,35H,3-4,9-14,19-23H2,1-2H3,(H,31,32)(H,33,34)/t26-,27-. The molecule has 0 saturated heterocycles. The summed E-state index contributed by atoms with van der Waals surface area (Å²) in [7, 11) is 0. The molecule has 3 aromatic rings. The molecular formula is C30H45N7O. The molecule has 1 fully saturated rings. The summed E-state index contributed by atoms with van der Waals surface area (Å²) in [5.41, 5.74) is 2.49. The van der Waals surface area contributed by atoms with E-state index in [0.717, 1.165) is 30.7 Å². The van der Waals surface area contributed by atoms with Gasteiger partial charge in [0.05, 0.1) is 13.1 Å². The number of rotatable bonds is 15. The number of H-pyrrole nitrogens is 2. The van der Waals surface area contributed by atoms with Gasteiger partial charge < -0.3 is 25.1 Å². The highest BCUT2D eigenvalue weighted by atomic mass is 16.2. The van der Waals surface area contributed by atoms with Crippen molar-refractivity contribution in [3.63, 3.8) is 0 Å². The van der Waals surface area contributed by atoms with Gasteiger partial charge >= 0.3 is 0 Å². The number of aromatic nitrogens is 4. The normalized spacial score (nSPS) is 17.7. The first kappa shape index (κ1) is 28.0. The summed E-state index contributed by atoms with van der Waals surface area (Å²) in [6.45, 7) is 8.84.